The molecule has 1 heterocycles. The van der Waals surface area contributed by atoms with Gasteiger partial charge in [0.25, 0.3) is 0 Å². The van der Waals surface area contributed by atoms with Gasteiger partial charge in [-0.1, -0.05) is 27.2 Å². The Kier molecular flexibility index (Phi) is 7.52. The highest BCUT2D eigenvalue weighted by molar-refractivity contribution is 5.76. The van der Waals surface area contributed by atoms with E-state index >= 15 is 0 Å². The van der Waals surface area contributed by atoms with Crippen LogP contribution in [-0.2, 0) is 9.53 Å². The van der Waals surface area contributed by atoms with Crippen LogP contribution in [0.15, 0.2) is 0 Å². The predicted molar refractivity (Wildman–Crippen MR) is 82.7 cm³/mol. The first kappa shape index (κ1) is 17.4. The second kappa shape index (κ2) is 8.63. The van der Waals surface area contributed by atoms with E-state index in [1.807, 2.05) is 0 Å². The van der Waals surface area contributed by atoms with Gasteiger partial charge in [0, 0.05) is 12.6 Å². The highest BCUT2D eigenvalue weighted by Gasteiger charge is 2.30. The monoisotopic (exact) mass is 284 g/mol. The number of piperidine rings is 1. The summed E-state index contributed by atoms with van der Waals surface area (Å²) in [6.07, 6.45) is 3.49. The molecular formula is C16H32N2O2. The Morgan fingerprint density at radius 2 is 2.10 bits per heavy atom. The summed E-state index contributed by atoms with van der Waals surface area (Å²) in [5.74, 6) is 0.796. The molecule has 0 aliphatic carbocycles. The fraction of sp³-hybridized carbons (Fsp3) is 0.938. The molecule has 118 valence electrons. The van der Waals surface area contributed by atoms with Crippen molar-refractivity contribution in [2.24, 2.45) is 11.8 Å². The fourth-order valence-corrected chi connectivity index (χ4v) is 3.03. The summed E-state index contributed by atoms with van der Waals surface area (Å²) >= 11 is 0. The van der Waals surface area contributed by atoms with Gasteiger partial charge in [0.2, 0.25) is 0 Å². The summed E-state index contributed by atoms with van der Waals surface area (Å²) in [6.45, 7) is 12.1. The minimum absolute atomic E-state index is 0.130. The number of nitrogens with one attached hydrogen (secondary N) is 1. The number of carbonyl (C=O) groups excluding carboxylic acids is 1. The molecule has 0 amide bonds. The zero-order valence-electron chi connectivity index (χ0n) is 13.8. The Labute approximate surface area is 124 Å². The number of rotatable bonds is 7. The topological polar surface area (TPSA) is 41.6 Å². The van der Waals surface area contributed by atoms with Crippen molar-refractivity contribution in [1.29, 1.82) is 0 Å². The van der Waals surface area contributed by atoms with Gasteiger partial charge in [-0.15, -0.1) is 0 Å². The van der Waals surface area contributed by atoms with Crippen molar-refractivity contribution >= 4 is 5.97 Å². The van der Waals surface area contributed by atoms with E-state index in [0.717, 1.165) is 19.5 Å². The van der Waals surface area contributed by atoms with Gasteiger partial charge in [0.1, 0.15) is 6.04 Å². The Morgan fingerprint density at radius 1 is 1.40 bits per heavy atom. The number of hydrogen-bond donors (Lipinski definition) is 1. The van der Waals surface area contributed by atoms with Gasteiger partial charge in [0.15, 0.2) is 0 Å². The average molecular weight is 284 g/mol. The van der Waals surface area contributed by atoms with Crippen molar-refractivity contribution in [3.8, 4) is 0 Å². The van der Waals surface area contributed by atoms with Crippen molar-refractivity contribution < 1.29 is 9.53 Å². The highest BCUT2D eigenvalue weighted by Crippen LogP contribution is 2.21. The summed E-state index contributed by atoms with van der Waals surface area (Å²) in [4.78, 5) is 14.5. The van der Waals surface area contributed by atoms with Crippen LogP contribution in [0, 0.1) is 11.8 Å². The van der Waals surface area contributed by atoms with Crippen LogP contribution in [0.3, 0.4) is 0 Å². The molecule has 1 aliphatic rings. The van der Waals surface area contributed by atoms with Crippen molar-refractivity contribution in [3.05, 3.63) is 0 Å². The lowest BCUT2D eigenvalue weighted by Gasteiger charge is -2.37. The van der Waals surface area contributed by atoms with Crippen molar-refractivity contribution in [1.82, 2.24) is 10.2 Å². The van der Waals surface area contributed by atoms with E-state index in [-0.39, 0.29) is 12.0 Å². The number of likely N-dealkylation sites (tertiary alicyclic amines) is 1. The zero-order chi connectivity index (χ0) is 15.1. The maximum Gasteiger partial charge on any atom is 0.323 e. The predicted octanol–water partition coefficient (Wildman–Crippen LogP) is 2.28. The first-order chi connectivity index (χ1) is 9.53. The van der Waals surface area contributed by atoms with Gasteiger partial charge in [-0.2, -0.15) is 0 Å². The first-order valence-electron chi connectivity index (χ1n) is 8.09. The molecule has 0 aromatic heterocycles. The lowest BCUT2D eigenvalue weighted by Crippen LogP contribution is -2.52. The lowest BCUT2D eigenvalue weighted by molar-refractivity contribution is -0.145. The molecule has 0 saturated carbocycles. The Morgan fingerprint density at radius 3 is 2.65 bits per heavy atom. The number of carbonyl (C=O) groups is 1. The van der Waals surface area contributed by atoms with Gasteiger partial charge in [-0.3, -0.25) is 4.79 Å². The molecule has 1 rings (SSSR count). The normalized spacial score (nSPS) is 24.9. The number of nitrogens with zero attached hydrogens (tertiary/aromatic N) is 1. The zero-order valence-corrected chi connectivity index (χ0v) is 13.8. The number of methoxy groups -OCH3 is 1. The minimum atomic E-state index is -0.183. The van der Waals surface area contributed by atoms with E-state index in [1.165, 1.54) is 26.5 Å². The molecule has 0 bridgehead atoms. The molecule has 4 nitrogen and oxygen atoms in total. The molecule has 20 heavy (non-hydrogen) atoms. The summed E-state index contributed by atoms with van der Waals surface area (Å²) < 4.78 is 4.95. The maximum absolute atomic E-state index is 12.0. The van der Waals surface area contributed by atoms with E-state index in [1.54, 1.807) is 0 Å². The summed E-state index contributed by atoms with van der Waals surface area (Å²) in [6, 6.07) is 0.166. The maximum atomic E-state index is 12.0. The second-order valence-corrected chi connectivity index (χ2v) is 6.14. The van der Waals surface area contributed by atoms with Gasteiger partial charge >= 0.3 is 5.97 Å². The third-order valence-corrected chi connectivity index (χ3v) is 4.81. The molecule has 0 spiro atoms. The fourth-order valence-electron chi connectivity index (χ4n) is 3.03. The quantitative estimate of drug-likeness (QED) is 0.728. The third-order valence-electron chi connectivity index (χ3n) is 4.81. The average Bonchev–Trinajstić information content (AvgIpc) is 2.50. The molecule has 0 aromatic rings. The van der Waals surface area contributed by atoms with Crippen LogP contribution in [0.5, 0.6) is 0 Å². The molecule has 1 saturated heterocycles. The van der Waals surface area contributed by atoms with Crippen LogP contribution in [-0.4, -0.2) is 49.7 Å². The molecule has 4 heteroatoms. The van der Waals surface area contributed by atoms with Crippen molar-refractivity contribution in [2.45, 2.75) is 59.0 Å². The smallest absolute Gasteiger partial charge is 0.323 e. The van der Waals surface area contributed by atoms with Crippen LogP contribution >= 0.6 is 0 Å². The van der Waals surface area contributed by atoms with E-state index in [4.69, 9.17) is 4.74 Å². The van der Waals surface area contributed by atoms with E-state index in [2.05, 4.69) is 37.9 Å². The first-order valence-corrected chi connectivity index (χ1v) is 8.09. The third kappa shape index (κ3) is 4.74. The van der Waals surface area contributed by atoms with Crippen molar-refractivity contribution in [2.75, 3.05) is 26.7 Å². The van der Waals surface area contributed by atoms with E-state index in [0.29, 0.717) is 17.9 Å². The number of hydrogen-bond acceptors (Lipinski definition) is 4. The Bertz CT molecular complexity index is 296. The second-order valence-electron chi connectivity index (χ2n) is 6.14. The summed E-state index contributed by atoms with van der Waals surface area (Å²) in [7, 11) is 1.48. The Hall–Kier alpha value is -0.610. The molecule has 1 N–H and O–H groups in total. The van der Waals surface area contributed by atoms with E-state index in [9.17, 15) is 4.79 Å². The molecule has 4 unspecified atom stereocenters. The van der Waals surface area contributed by atoms with Gasteiger partial charge < -0.3 is 15.0 Å². The largest absolute Gasteiger partial charge is 0.468 e. The van der Waals surface area contributed by atoms with Crippen LogP contribution < -0.4 is 5.32 Å². The van der Waals surface area contributed by atoms with Gasteiger partial charge in [-0.05, 0) is 44.7 Å². The standard InChI is InChI=1S/C16H32N2O2/c1-6-12(3)15(16(19)20-5)17-13(4)14-9-8-10-18(7-2)11-14/h12-15,17H,6-11H2,1-5H3. The SMILES string of the molecule is CCC(C)C(NC(C)C1CCCN(CC)C1)C(=O)OC. The van der Waals surface area contributed by atoms with Crippen LogP contribution in [0.2, 0.25) is 0 Å². The van der Waals surface area contributed by atoms with Gasteiger partial charge in [0.05, 0.1) is 7.11 Å². The minimum Gasteiger partial charge on any atom is -0.468 e. The summed E-state index contributed by atoms with van der Waals surface area (Å²) in [5.41, 5.74) is 0. The van der Waals surface area contributed by atoms with E-state index < -0.39 is 0 Å². The highest BCUT2D eigenvalue weighted by atomic mass is 16.5. The molecule has 0 aromatic carbocycles. The molecule has 1 aliphatic heterocycles. The molecule has 1 fully saturated rings. The van der Waals surface area contributed by atoms with Crippen molar-refractivity contribution in [3.63, 3.8) is 0 Å². The number of ether oxygens (including phenoxy) is 1. The van der Waals surface area contributed by atoms with Crippen LogP contribution in [0.25, 0.3) is 0 Å². The number of esters is 1. The molecule has 4 atom stereocenters. The lowest BCUT2D eigenvalue weighted by atomic mass is 9.89. The molecule has 0 radical (unpaired) electrons. The van der Waals surface area contributed by atoms with Gasteiger partial charge in [-0.25, -0.2) is 0 Å². The van der Waals surface area contributed by atoms with Crippen LogP contribution in [0.4, 0.5) is 0 Å². The van der Waals surface area contributed by atoms with Crippen LogP contribution in [0.1, 0.15) is 47.0 Å². The Balaban J connectivity index is 2.60. The summed E-state index contributed by atoms with van der Waals surface area (Å²) in [5, 5.41) is 3.53. The molecular weight excluding hydrogens is 252 g/mol.